The summed E-state index contributed by atoms with van der Waals surface area (Å²) in [6.45, 7) is 5.53. The summed E-state index contributed by atoms with van der Waals surface area (Å²) < 4.78 is 6.20. The van der Waals surface area contributed by atoms with Crippen LogP contribution >= 0.6 is 0 Å². The lowest BCUT2D eigenvalue weighted by Gasteiger charge is -2.48. The van der Waals surface area contributed by atoms with Crippen LogP contribution in [0.25, 0.3) is 0 Å². The van der Waals surface area contributed by atoms with Gasteiger partial charge in [0.05, 0.1) is 25.9 Å². The molecule has 1 spiro atoms. The molecule has 3 aliphatic heterocycles. The number of carbonyl (C=O) groups excluding carboxylic acids is 1. The molecule has 7 nitrogen and oxygen atoms in total. The van der Waals surface area contributed by atoms with Gasteiger partial charge in [-0.2, -0.15) is 0 Å². The lowest BCUT2D eigenvalue weighted by molar-refractivity contribution is -0.105. The monoisotopic (exact) mass is 331 g/mol. The molecule has 2 amide bonds. The third kappa shape index (κ3) is 3.05. The van der Waals surface area contributed by atoms with Crippen molar-refractivity contribution in [2.24, 2.45) is 0 Å². The predicted molar refractivity (Wildman–Crippen MR) is 89.9 cm³/mol. The number of carbonyl (C=O) groups is 1. The molecule has 3 fully saturated rings. The topological polar surface area (TPSA) is 61.8 Å². The van der Waals surface area contributed by atoms with Crippen LogP contribution in [0.5, 0.6) is 0 Å². The summed E-state index contributed by atoms with van der Waals surface area (Å²) in [5.41, 5.74) is -0.274. The third-order valence-corrected chi connectivity index (χ3v) is 5.31. The molecule has 1 aromatic rings. The minimum atomic E-state index is -0.274. The van der Waals surface area contributed by atoms with Crippen LogP contribution in [0.3, 0.4) is 0 Å². The summed E-state index contributed by atoms with van der Waals surface area (Å²) >= 11 is 0. The van der Waals surface area contributed by atoms with Crippen molar-refractivity contribution in [2.75, 3.05) is 50.8 Å². The Morgan fingerprint density at radius 1 is 1.04 bits per heavy atom. The van der Waals surface area contributed by atoms with Gasteiger partial charge in [0.25, 0.3) is 0 Å². The molecule has 3 aliphatic rings. The zero-order valence-corrected chi connectivity index (χ0v) is 14.1. The molecule has 3 saturated heterocycles. The Labute approximate surface area is 142 Å². The summed E-state index contributed by atoms with van der Waals surface area (Å²) in [4.78, 5) is 27.5. The van der Waals surface area contributed by atoms with Crippen molar-refractivity contribution in [3.63, 3.8) is 0 Å². The van der Waals surface area contributed by atoms with Crippen LogP contribution in [-0.4, -0.2) is 77.3 Å². The average molecular weight is 331 g/mol. The fraction of sp³-hybridized carbons (Fsp3) is 0.706. The van der Waals surface area contributed by atoms with Gasteiger partial charge in [-0.25, -0.2) is 9.78 Å². The highest BCUT2D eigenvalue weighted by atomic mass is 16.5. The van der Waals surface area contributed by atoms with E-state index in [1.807, 2.05) is 9.80 Å². The zero-order valence-electron chi connectivity index (χ0n) is 14.1. The first-order chi connectivity index (χ1) is 11.8. The lowest BCUT2D eigenvalue weighted by Crippen LogP contribution is -2.62. The Kier molecular flexibility index (Phi) is 4.26. The minimum absolute atomic E-state index is 0.187. The van der Waals surface area contributed by atoms with Crippen molar-refractivity contribution in [3.8, 4) is 0 Å². The SMILES string of the molecule is O=C(N1CCCC1)N1CCO[C@@]2(CCCN(c3cnccn3)C2)C1. The van der Waals surface area contributed by atoms with Crippen molar-refractivity contribution in [1.82, 2.24) is 19.8 Å². The second kappa shape index (κ2) is 6.55. The molecule has 1 aromatic heterocycles. The standard InChI is InChI=1S/C17H25N5O2/c23-16(20-7-1-2-8-20)22-10-11-24-17(14-22)4-3-9-21(13-17)15-12-18-5-6-19-15/h5-6,12H,1-4,7-11,13-14H2/t17-/m1/s1. The van der Waals surface area contributed by atoms with E-state index in [1.165, 1.54) is 0 Å². The molecule has 0 saturated carbocycles. The molecule has 24 heavy (non-hydrogen) atoms. The largest absolute Gasteiger partial charge is 0.369 e. The summed E-state index contributed by atoms with van der Waals surface area (Å²) in [5.74, 6) is 0.892. The number of morpholine rings is 1. The van der Waals surface area contributed by atoms with Crippen LogP contribution in [0, 0.1) is 0 Å². The summed E-state index contributed by atoms with van der Waals surface area (Å²) in [5, 5.41) is 0. The molecule has 4 rings (SSSR count). The molecule has 0 aliphatic carbocycles. The van der Waals surface area contributed by atoms with E-state index in [-0.39, 0.29) is 11.6 Å². The van der Waals surface area contributed by atoms with E-state index in [9.17, 15) is 4.79 Å². The van der Waals surface area contributed by atoms with Gasteiger partial charge in [0.15, 0.2) is 0 Å². The molecule has 0 bridgehead atoms. The summed E-state index contributed by atoms with van der Waals surface area (Å²) in [6, 6.07) is 0.187. The van der Waals surface area contributed by atoms with E-state index < -0.39 is 0 Å². The highest BCUT2D eigenvalue weighted by Crippen LogP contribution is 2.31. The molecule has 0 radical (unpaired) electrons. The van der Waals surface area contributed by atoms with Gasteiger partial charge in [0.1, 0.15) is 11.4 Å². The second-order valence-corrected chi connectivity index (χ2v) is 7.02. The highest BCUT2D eigenvalue weighted by Gasteiger charge is 2.43. The first-order valence-corrected chi connectivity index (χ1v) is 8.95. The molecule has 0 unspecified atom stereocenters. The van der Waals surface area contributed by atoms with Gasteiger partial charge in [0.2, 0.25) is 0 Å². The molecule has 1 atom stereocenters. The Morgan fingerprint density at radius 3 is 2.71 bits per heavy atom. The maximum Gasteiger partial charge on any atom is 0.320 e. The summed E-state index contributed by atoms with van der Waals surface area (Å²) in [6.07, 6.45) is 9.51. The lowest BCUT2D eigenvalue weighted by atomic mass is 9.90. The van der Waals surface area contributed by atoms with Gasteiger partial charge in [-0.3, -0.25) is 4.98 Å². The van der Waals surface area contributed by atoms with Gasteiger partial charge in [-0.1, -0.05) is 0 Å². The number of amides is 2. The minimum Gasteiger partial charge on any atom is -0.369 e. The normalized spacial score (nSPS) is 27.8. The van der Waals surface area contributed by atoms with E-state index in [0.717, 1.165) is 57.7 Å². The van der Waals surface area contributed by atoms with E-state index in [2.05, 4.69) is 14.9 Å². The smallest absolute Gasteiger partial charge is 0.320 e. The third-order valence-electron chi connectivity index (χ3n) is 5.31. The van der Waals surface area contributed by atoms with E-state index in [4.69, 9.17) is 4.74 Å². The first-order valence-electron chi connectivity index (χ1n) is 8.95. The molecule has 130 valence electrons. The molecule has 0 N–H and O–H groups in total. The van der Waals surface area contributed by atoms with Crippen LogP contribution in [0.15, 0.2) is 18.6 Å². The maximum atomic E-state index is 12.7. The molecular weight excluding hydrogens is 306 g/mol. The van der Waals surface area contributed by atoms with Crippen LogP contribution in [0.1, 0.15) is 25.7 Å². The number of ether oxygens (including phenoxy) is 1. The van der Waals surface area contributed by atoms with Gasteiger partial charge >= 0.3 is 6.03 Å². The summed E-state index contributed by atoms with van der Waals surface area (Å²) in [7, 11) is 0. The molecule has 7 heteroatoms. The number of nitrogens with zero attached hydrogens (tertiary/aromatic N) is 5. The molecule has 0 aromatic carbocycles. The van der Waals surface area contributed by atoms with Gasteiger partial charge < -0.3 is 19.4 Å². The Hall–Kier alpha value is -1.89. The fourth-order valence-corrected chi connectivity index (χ4v) is 4.11. The number of anilines is 1. The van der Waals surface area contributed by atoms with E-state index in [1.54, 1.807) is 18.6 Å². The van der Waals surface area contributed by atoms with Crippen LogP contribution < -0.4 is 4.90 Å². The number of rotatable bonds is 1. The van der Waals surface area contributed by atoms with E-state index in [0.29, 0.717) is 19.7 Å². The highest BCUT2D eigenvalue weighted by molar-refractivity contribution is 5.75. The van der Waals surface area contributed by atoms with Crippen LogP contribution in [0.2, 0.25) is 0 Å². The van der Waals surface area contributed by atoms with Crippen molar-refractivity contribution in [1.29, 1.82) is 0 Å². The molecule has 4 heterocycles. The predicted octanol–water partition coefficient (Wildman–Crippen LogP) is 1.36. The zero-order chi connectivity index (χ0) is 16.4. The van der Waals surface area contributed by atoms with E-state index >= 15 is 0 Å². The number of likely N-dealkylation sites (tertiary alicyclic amines) is 1. The number of urea groups is 1. The first kappa shape index (κ1) is 15.6. The van der Waals surface area contributed by atoms with Crippen molar-refractivity contribution in [2.45, 2.75) is 31.3 Å². The Balaban J connectivity index is 1.46. The number of piperidine rings is 1. The number of aromatic nitrogens is 2. The Bertz CT molecular complexity index is 574. The van der Waals surface area contributed by atoms with Crippen molar-refractivity contribution in [3.05, 3.63) is 18.6 Å². The molecular formula is C17H25N5O2. The van der Waals surface area contributed by atoms with Gasteiger partial charge in [0, 0.05) is 38.6 Å². The Morgan fingerprint density at radius 2 is 1.92 bits per heavy atom. The fourth-order valence-electron chi connectivity index (χ4n) is 4.11. The van der Waals surface area contributed by atoms with Crippen molar-refractivity contribution >= 4 is 11.8 Å². The van der Waals surface area contributed by atoms with Gasteiger partial charge in [-0.05, 0) is 25.7 Å². The number of hydrogen-bond acceptors (Lipinski definition) is 5. The number of hydrogen-bond donors (Lipinski definition) is 0. The second-order valence-electron chi connectivity index (χ2n) is 7.02. The quantitative estimate of drug-likeness (QED) is 0.778. The average Bonchev–Trinajstić information content (AvgIpc) is 3.17. The van der Waals surface area contributed by atoms with Crippen LogP contribution in [-0.2, 0) is 4.74 Å². The van der Waals surface area contributed by atoms with Crippen LogP contribution in [0.4, 0.5) is 10.6 Å². The van der Waals surface area contributed by atoms with Gasteiger partial charge in [-0.15, -0.1) is 0 Å². The maximum absolute atomic E-state index is 12.7. The van der Waals surface area contributed by atoms with Crippen molar-refractivity contribution < 1.29 is 9.53 Å².